The van der Waals surface area contributed by atoms with Crippen LogP contribution in [0.5, 0.6) is 0 Å². The maximum atomic E-state index is 13.1. The van der Waals surface area contributed by atoms with E-state index in [4.69, 9.17) is 58.2 Å². The van der Waals surface area contributed by atoms with Gasteiger partial charge in [-0.2, -0.15) is 0 Å². The average molecular weight is 689 g/mol. The minimum Gasteiger partial charge on any atom is -0.457 e. The van der Waals surface area contributed by atoms with Crippen LogP contribution in [0.15, 0.2) is 60.7 Å². The highest BCUT2D eigenvalue weighted by molar-refractivity contribution is 6.76. The molecule has 44 heavy (non-hydrogen) atoms. The Kier molecular flexibility index (Phi) is 13.1. The third-order valence-electron chi connectivity index (χ3n) is 8.59. The molecule has 1 N–H and O–H groups in total. The van der Waals surface area contributed by atoms with Crippen LogP contribution in [-0.2, 0) is 46.2 Å². The molecule has 12 heteroatoms. The molecule has 5 atom stereocenters. The molecule has 1 fully saturated rings. The molecule has 0 spiro atoms. The molecular weight excluding hydrogens is 645 g/mol. The van der Waals surface area contributed by atoms with Gasteiger partial charge < -0.3 is 28.7 Å². The Labute approximate surface area is 277 Å². The maximum absolute atomic E-state index is 13.1. The smallest absolute Gasteiger partial charge is 0.303 e. The number of alkyl halides is 3. The third-order valence-corrected chi connectivity index (χ3v) is 13.6. The van der Waals surface area contributed by atoms with Gasteiger partial charge in [0.25, 0.3) is 9.70 Å². The Balaban J connectivity index is 2.03. The highest BCUT2D eigenvalue weighted by atomic mass is 35.6. The fourth-order valence-electron chi connectivity index (χ4n) is 4.83. The number of hydrogen-bond acceptors (Lipinski definition) is 7. The largest absolute Gasteiger partial charge is 0.457 e. The Hall–Kier alpha value is -1.69. The van der Waals surface area contributed by atoms with Crippen molar-refractivity contribution in [3.8, 4) is 0 Å². The van der Waals surface area contributed by atoms with Crippen LogP contribution in [0.3, 0.4) is 0 Å². The first-order chi connectivity index (χ1) is 20.5. The quantitative estimate of drug-likeness (QED) is 0.138. The van der Waals surface area contributed by atoms with Gasteiger partial charge in [-0.25, -0.2) is 0 Å². The summed E-state index contributed by atoms with van der Waals surface area (Å²) in [6.45, 7) is 14.6. The van der Waals surface area contributed by atoms with E-state index in [0.717, 1.165) is 11.1 Å². The molecule has 244 valence electrons. The molecule has 1 amide bonds. The molecule has 8 nitrogen and oxygen atoms in total. The first-order valence-corrected chi connectivity index (χ1v) is 18.7. The molecule has 0 unspecified atom stereocenters. The van der Waals surface area contributed by atoms with E-state index >= 15 is 0 Å². The lowest BCUT2D eigenvalue weighted by molar-refractivity contribution is -0.267. The van der Waals surface area contributed by atoms with E-state index in [1.54, 1.807) is 0 Å². The van der Waals surface area contributed by atoms with Gasteiger partial charge in [0, 0.05) is 6.92 Å². The van der Waals surface area contributed by atoms with E-state index in [0.29, 0.717) is 6.61 Å². The average Bonchev–Trinajstić information content (AvgIpc) is 2.94. The monoisotopic (exact) mass is 687 g/mol. The van der Waals surface area contributed by atoms with Gasteiger partial charge in [0.1, 0.15) is 18.2 Å². The van der Waals surface area contributed by atoms with Gasteiger partial charge in [0.15, 0.2) is 20.7 Å². The van der Waals surface area contributed by atoms with Crippen molar-refractivity contribution >= 4 is 55.0 Å². The van der Waals surface area contributed by atoms with Gasteiger partial charge in [-0.15, -0.1) is 0 Å². The zero-order valence-electron chi connectivity index (χ0n) is 26.4. The van der Waals surface area contributed by atoms with Crippen molar-refractivity contribution in [3.05, 3.63) is 71.8 Å². The lowest BCUT2D eigenvalue weighted by atomic mass is 9.96. The van der Waals surface area contributed by atoms with Gasteiger partial charge >= 0.3 is 5.97 Å². The lowest BCUT2D eigenvalue weighted by Gasteiger charge is -2.50. The summed E-state index contributed by atoms with van der Waals surface area (Å²) in [5, 5.41) is 2.53. The Morgan fingerprint density at radius 1 is 0.932 bits per heavy atom. The van der Waals surface area contributed by atoms with Crippen molar-refractivity contribution in [2.45, 2.75) is 100 Å². The number of esters is 1. The highest BCUT2D eigenvalue weighted by Crippen LogP contribution is 2.46. The minimum atomic E-state index is -2.59. The Morgan fingerprint density at radius 2 is 1.48 bits per heavy atom. The van der Waals surface area contributed by atoms with Gasteiger partial charge in [0.2, 0.25) is 0 Å². The van der Waals surface area contributed by atoms with Crippen molar-refractivity contribution in [1.29, 1.82) is 0 Å². The van der Waals surface area contributed by atoms with Crippen molar-refractivity contribution in [1.82, 2.24) is 5.32 Å². The van der Waals surface area contributed by atoms with Crippen LogP contribution < -0.4 is 5.32 Å². The van der Waals surface area contributed by atoms with Crippen LogP contribution in [0.1, 0.15) is 45.7 Å². The molecular formula is C32H44Cl3NO7Si. The zero-order valence-corrected chi connectivity index (χ0v) is 29.6. The maximum Gasteiger partial charge on any atom is 0.303 e. The molecule has 3 rings (SSSR count). The molecule has 1 aliphatic heterocycles. The first kappa shape index (κ1) is 36.8. The molecule has 1 aliphatic rings. The summed E-state index contributed by atoms with van der Waals surface area (Å²) in [7, 11) is -2.59. The van der Waals surface area contributed by atoms with E-state index in [-0.39, 0.29) is 24.2 Å². The number of hydrogen-bond donors (Lipinski definition) is 1. The molecule has 2 aromatic rings. The SMILES string of the molecule is CC(=O)O[C@@H]1[C@@H](NC(=O)C(Cl)(Cl)Cl)[C@H](O[Si](C)(C)C(C)(C)C(C)C)O[C@H](COCc2ccccc2)[C@@H]1OCc1ccccc1. The van der Waals surface area contributed by atoms with Crippen LogP contribution in [-0.4, -0.2) is 61.2 Å². The Morgan fingerprint density at radius 3 is 1.98 bits per heavy atom. The van der Waals surface area contributed by atoms with Crippen molar-refractivity contribution in [3.63, 3.8) is 0 Å². The molecule has 1 heterocycles. The van der Waals surface area contributed by atoms with Gasteiger partial charge in [-0.3, -0.25) is 9.59 Å². The summed E-state index contributed by atoms with van der Waals surface area (Å²) in [4.78, 5) is 25.6. The van der Waals surface area contributed by atoms with Crippen molar-refractivity contribution in [2.75, 3.05) is 6.61 Å². The topological polar surface area (TPSA) is 92.3 Å². The molecule has 0 radical (unpaired) electrons. The van der Waals surface area contributed by atoms with Gasteiger partial charge in [-0.05, 0) is 35.2 Å². The number of halogens is 3. The lowest BCUT2D eigenvalue weighted by Crippen LogP contribution is -2.69. The minimum absolute atomic E-state index is 0.0899. The molecule has 0 aliphatic carbocycles. The third kappa shape index (κ3) is 9.90. The van der Waals surface area contributed by atoms with Crippen LogP contribution in [0.4, 0.5) is 0 Å². The van der Waals surface area contributed by atoms with Crippen molar-refractivity contribution in [2.24, 2.45) is 5.92 Å². The second-order valence-electron chi connectivity index (χ2n) is 12.4. The van der Waals surface area contributed by atoms with E-state index in [1.807, 2.05) is 60.7 Å². The summed E-state index contributed by atoms with van der Waals surface area (Å²) in [5.74, 6) is -1.22. The second kappa shape index (κ2) is 15.7. The summed E-state index contributed by atoms with van der Waals surface area (Å²) in [6.07, 6.45) is -3.76. The molecule has 2 aromatic carbocycles. The summed E-state index contributed by atoms with van der Waals surface area (Å²) in [5.41, 5.74) is 1.87. The fourth-order valence-corrected chi connectivity index (χ4v) is 7.47. The fraction of sp³-hybridized carbons (Fsp3) is 0.562. The summed E-state index contributed by atoms with van der Waals surface area (Å²) >= 11 is 17.9. The predicted molar refractivity (Wildman–Crippen MR) is 175 cm³/mol. The summed E-state index contributed by atoms with van der Waals surface area (Å²) in [6, 6.07) is 18.2. The number of nitrogens with one attached hydrogen (secondary N) is 1. The number of rotatable bonds is 13. The van der Waals surface area contributed by atoms with Gasteiger partial charge in [-0.1, -0.05) is 123 Å². The van der Waals surface area contributed by atoms with E-state index in [1.165, 1.54) is 6.92 Å². The first-order valence-electron chi connectivity index (χ1n) is 14.7. The molecule has 0 saturated carbocycles. The normalized spacial score (nSPS) is 22.9. The molecule has 0 aromatic heterocycles. The zero-order chi connectivity index (χ0) is 32.7. The molecule has 0 bridgehead atoms. The van der Waals surface area contributed by atoms with Gasteiger partial charge in [0.05, 0.1) is 19.8 Å². The highest BCUT2D eigenvalue weighted by Gasteiger charge is 2.54. The van der Waals surface area contributed by atoms with Crippen LogP contribution >= 0.6 is 34.8 Å². The van der Waals surface area contributed by atoms with E-state index < -0.39 is 54.6 Å². The van der Waals surface area contributed by atoms with Crippen molar-refractivity contribution < 1.29 is 33.0 Å². The predicted octanol–water partition coefficient (Wildman–Crippen LogP) is 6.96. The number of carbonyl (C=O) groups excluding carboxylic acids is 2. The second-order valence-corrected chi connectivity index (χ2v) is 19.2. The standard InChI is InChI=1S/C32H44Cl3NO7Si/c1-21(2)31(4,5)44(6,7)43-29-26(36-30(38)32(33,34)35)28(41-22(3)37)27(40-19-24-16-12-9-13-17-24)25(42-29)20-39-18-23-14-10-8-11-15-23/h8-17,21,25-29H,18-20H2,1-7H3,(H,36,38)/t25-,26-,27+,28-,29+/m1/s1. The van der Waals surface area contributed by atoms with Crippen LogP contribution in [0.2, 0.25) is 18.1 Å². The van der Waals surface area contributed by atoms with E-state index in [9.17, 15) is 9.59 Å². The summed E-state index contributed by atoms with van der Waals surface area (Å²) < 4.78 is 29.5. The number of benzene rings is 2. The molecule has 1 saturated heterocycles. The number of carbonyl (C=O) groups is 2. The Bertz CT molecular complexity index is 1210. The van der Waals surface area contributed by atoms with E-state index in [2.05, 4.69) is 46.1 Å². The number of ether oxygens (including phenoxy) is 4. The van der Waals surface area contributed by atoms with Crippen LogP contribution in [0.25, 0.3) is 0 Å². The number of amides is 1. The van der Waals surface area contributed by atoms with Crippen LogP contribution in [0, 0.1) is 5.92 Å².